The zero-order valence-electron chi connectivity index (χ0n) is 20.5. The number of nitrogens with one attached hydrogen (secondary N) is 2. The Morgan fingerprint density at radius 2 is 1.89 bits per heavy atom. The maximum Gasteiger partial charge on any atom is 0.254 e. The Bertz CT molecular complexity index is 1100. The van der Waals surface area contributed by atoms with E-state index in [4.69, 9.17) is 12.2 Å². The number of carbonyl (C=O) groups excluding carboxylic acids is 2. The van der Waals surface area contributed by atoms with Gasteiger partial charge in [-0.2, -0.15) is 0 Å². The minimum Gasteiger partial charge on any atom is -0.362 e. The Kier molecular flexibility index (Phi) is 7.54. The van der Waals surface area contributed by atoms with Crippen LogP contribution in [0.4, 0.5) is 5.00 Å². The minimum absolute atomic E-state index is 0. The van der Waals surface area contributed by atoms with E-state index >= 15 is 0 Å². The molecule has 188 valence electrons. The Morgan fingerprint density at radius 3 is 2.57 bits per heavy atom. The van der Waals surface area contributed by atoms with Crippen molar-refractivity contribution in [1.29, 1.82) is 0 Å². The van der Waals surface area contributed by atoms with Crippen molar-refractivity contribution in [2.45, 2.75) is 64.8 Å². The highest BCUT2D eigenvalue weighted by Crippen LogP contribution is 2.42. The summed E-state index contributed by atoms with van der Waals surface area (Å²) in [6, 6.07) is 10.5. The summed E-state index contributed by atoms with van der Waals surface area (Å²) in [4.78, 5) is 30.4. The average Bonchev–Trinajstić information content (AvgIpc) is 3.78. The third kappa shape index (κ3) is 6.12. The van der Waals surface area contributed by atoms with Crippen LogP contribution >= 0.6 is 23.6 Å². The Balaban J connectivity index is 0.00000304. The van der Waals surface area contributed by atoms with Crippen molar-refractivity contribution in [3.8, 4) is 0 Å². The van der Waals surface area contributed by atoms with E-state index in [1.807, 2.05) is 6.07 Å². The molecule has 1 aromatic carbocycles. The molecule has 2 N–H and O–H groups in total. The van der Waals surface area contributed by atoms with Crippen molar-refractivity contribution >= 4 is 45.4 Å². The van der Waals surface area contributed by atoms with Crippen LogP contribution in [0.15, 0.2) is 30.3 Å². The van der Waals surface area contributed by atoms with Crippen LogP contribution in [0.2, 0.25) is 0 Å². The molecule has 0 aliphatic heterocycles. The van der Waals surface area contributed by atoms with Crippen LogP contribution in [0.3, 0.4) is 0 Å². The van der Waals surface area contributed by atoms with Gasteiger partial charge in [0.25, 0.3) is 5.91 Å². The Hall–Kier alpha value is -2.25. The largest absolute Gasteiger partial charge is 0.362 e. The summed E-state index contributed by atoms with van der Waals surface area (Å²) >= 11 is 7.52. The summed E-state index contributed by atoms with van der Waals surface area (Å²) in [5.41, 5.74) is 3.12. The average molecular weight is 512 g/mol. The third-order valence-corrected chi connectivity index (χ3v) is 9.07. The van der Waals surface area contributed by atoms with Gasteiger partial charge in [-0.25, -0.2) is 0 Å². The number of anilines is 1. The standard InChI is InChI=1S/C28H35N3O2S2.H2/c1-2-31(17-19-6-4-3-5-7-19)24(34)15-20-10-13-23-22(14-20)25(27(33)29-16-18-8-9-18)28(35-23)30-26(32)21-11-12-21;/h3-7,18,20-21H,2,8-17H2,1H3,(H,29,33)(H,30,32);1H/t20-;/m0./s1. The lowest BCUT2D eigenvalue weighted by Crippen LogP contribution is -2.32. The molecule has 2 amide bonds. The van der Waals surface area contributed by atoms with Crippen molar-refractivity contribution in [1.82, 2.24) is 10.2 Å². The predicted molar refractivity (Wildman–Crippen MR) is 148 cm³/mol. The summed E-state index contributed by atoms with van der Waals surface area (Å²) in [6.07, 6.45) is 8.02. The topological polar surface area (TPSA) is 61.4 Å². The number of carbonyl (C=O) groups is 2. The van der Waals surface area contributed by atoms with E-state index in [0.717, 1.165) is 73.7 Å². The molecule has 0 spiro atoms. The van der Waals surface area contributed by atoms with Crippen LogP contribution in [0.1, 0.15) is 73.2 Å². The number of thiophene rings is 1. The summed E-state index contributed by atoms with van der Waals surface area (Å²) in [5.74, 6) is 1.19. The Morgan fingerprint density at radius 1 is 1.11 bits per heavy atom. The van der Waals surface area contributed by atoms with E-state index in [-0.39, 0.29) is 19.2 Å². The van der Waals surface area contributed by atoms with Crippen molar-refractivity contribution in [3.63, 3.8) is 0 Å². The predicted octanol–water partition coefficient (Wildman–Crippen LogP) is 5.83. The van der Waals surface area contributed by atoms with E-state index in [1.54, 1.807) is 11.3 Å². The zero-order valence-corrected chi connectivity index (χ0v) is 22.1. The van der Waals surface area contributed by atoms with Crippen molar-refractivity contribution < 1.29 is 11.0 Å². The highest BCUT2D eigenvalue weighted by atomic mass is 32.1. The first-order valence-corrected chi connectivity index (χ1v) is 14.3. The molecule has 0 unspecified atom stereocenters. The van der Waals surface area contributed by atoms with Gasteiger partial charge in [0.1, 0.15) is 5.00 Å². The number of fused-ring (bicyclic) bond motifs is 1. The molecule has 7 heteroatoms. The molecule has 1 aromatic heterocycles. The normalized spacial score (nSPS) is 19.1. The summed E-state index contributed by atoms with van der Waals surface area (Å²) in [7, 11) is 0. The van der Waals surface area contributed by atoms with Gasteiger partial charge in [-0.15, -0.1) is 11.3 Å². The Labute approximate surface area is 219 Å². The van der Waals surface area contributed by atoms with E-state index in [0.29, 0.717) is 17.4 Å². The molecule has 3 aliphatic rings. The van der Waals surface area contributed by atoms with E-state index in [1.165, 1.54) is 23.3 Å². The summed E-state index contributed by atoms with van der Waals surface area (Å²) in [5, 5.41) is 7.01. The third-order valence-electron chi connectivity index (χ3n) is 7.44. The summed E-state index contributed by atoms with van der Waals surface area (Å²) in [6.45, 7) is 4.61. The van der Waals surface area contributed by atoms with E-state index in [2.05, 4.69) is 46.7 Å². The maximum absolute atomic E-state index is 13.3. The number of hydrogen-bond donors (Lipinski definition) is 2. The van der Waals surface area contributed by atoms with Gasteiger partial charge in [-0.1, -0.05) is 42.5 Å². The lowest BCUT2D eigenvalue weighted by Gasteiger charge is -2.29. The first-order valence-electron chi connectivity index (χ1n) is 13.1. The molecule has 0 bridgehead atoms. The molecule has 1 heterocycles. The van der Waals surface area contributed by atoms with E-state index < -0.39 is 0 Å². The van der Waals surface area contributed by atoms with Gasteiger partial charge in [-0.3, -0.25) is 9.59 Å². The van der Waals surface area contributed by atoms with Gasteiger partial charge in [0, 0.05) is 38.3 Å². The highest BCUT2D eigenvalue weighted by Gasteiger charge is 2.34. The van der Waals surface area contributed by atoms with Crippen molar-refractivity contribution in [2.75, 3.05) is 18.4 Å². The number of nitrogens with zero attached hydrogens (tertiary/aromatic N) is 1. The van der Waals surface area contributed by atoms with Gasteiger partial charge in [0.05, 0.1) is 10.6 Å². The molecule has 2 aromatic rings. The van der Waals surface area contributed by atoms with Crippen molar-refractivity contribution in [2.24, 2.45) is 17.8 Å². The SMILES string of the molecule is CCN(Cc1ccccc1)C(=S)C[C@H]1CCc2sc(NC(=O)C3CC3)c(C(=O)NCC3CC3)c2C1.[HH]. The molecule has 2 fully saturated rings. The quantitative estimate of drug-likeness (QED) is 0.394. The van der Waals surface area contributed by atoms with Crippen LogP contribution in [-0.2, 0) is 24.2 Å². The molecule has 3 aliphatic carbocycles. The van der Waals surface area contributed by atoms with Gasteiger partial charge in [0.2, 0.25) is 5.91 Å². The minimum atomic E-state index is -0.0250. The van der Waals surface area contributed by atoms with Crippen LogP contribution in [0, 0.1) is 17.8 Å². The molecule has 1 atom stereocenters. The fourth-order valence-corrected chi connectivity index (χ4v) is 6.60. The van der Waals surface area contributed by atoms with Crippen LogP contribution < -0.4 is 10.6 Å². The molecule has 2 saturated carbocycles. The smallest absolute Gasteiger partial charge is 0.254 e. The first-order chi connectivity index (χ1) is 17.0. The molecule has 0 saturated heterocycles. The van der Waals surface area contributed by atoms with Crippen molar-refractivity contribution in [3.05, 3.63) is 51.9 Å². The number of hydrogen-bond acceptors (Lipinski definition) is 4. The second kappa shape index (κ2) is 10.8. The van der Waals surface area contributed by atoms with Gasteiger partial charge >= 0.3 is 0 Å². The monoisotopic (exact) mass is 511 g/mol. The number of aryl methyl sites for hydroxylation is 1. The lowest BCUT2D eigenvalue weighted by molar-refractivity contribution is -0.117. The number of rotatable bonds is 10. The van der Waals surface area contributed by atoms with Crippen LogP contribution in [0.5, 0.6) is 0 Å². The molecular formula is C28H37N3O2S2. The summed E-state index contributed by atoms with van der Waals surface area (Å²) < 4.78 is 0. The van der Waals surface area contributed by atoms with Gasteiger partial charge in [-0.05, 0) is 74.8 Å². The lowest BCUT2D eigenvalue weighted by atomic mass is 9.84. The molecule has 0 radical (unpaired) electrons. The zero-order chi connectivity index (χ0) is 24.4. The second-order valence-corrected chi connectivity index (χ2v) is 11.9. The second-order valence-electron chi connectivity index (χ2n) is 10.3. The fraction of sp³-hybridized carbons (Fsp3) is 0.536. The molecule has 5 rings (SSSR count). The first kappa shape index (κ1) is 24.4. The highest BCUT2D eigenvalue weighted by molar-refractivity contribution is 7.80. The molecule has 5 nitrogen and oxygen atoms in total. The van der Waals surface area contributed by atoms with Gasteiger partial charge < -0.3 is 15.5 Å². The van der Waals surface area contributed by atoms with Crippen LogP contribution in [0.25, 0.3) is 0 Å². The molecular weight excluding hydrogens is 474 g/mol. The number of thiocarbonyl (C=S) groups is 1. The molecule has 35 heavy (non-hydrogen) atoms. The maximum atomic E-state index is 13.3. The van der Waals surface area contributed by atoms with Gasteiger partial charge in [0.15, 0.2) is 0 Å². The number of benzene rings is 1. The fourth-order valence-electron chi connectivity index (χ4n) is 4.92. The van der Waals surface area contributed by atoms with E-state index in [9.17, 15) is 9.59 Å². The van der Waals surface area contributed by atoms with Crippen LogP contribution in [-0.4, -0.2) is 34.8 Å². The number of amides is 2.